The van der Waals surface area contributed by atoms with Crippen LogP contribution in [0.2, 0.25) is 0 Å². The van der Waals surface area contributed by atoms with Crippen LogP contribution in [0.4, 0.5) is 0 Å². The van der Waals surface area contributed by atoms with Gasteiger partial charge in [-0.3, -0.25) is 4.99 Å². The normalized spacial score (nSPS) is 18.9. The fourth-order valence-electron chi connectivity index (χ4n) is 10.7. The average molecular weight is 856 g/mol. The SMILES string of the molecule is CC1C=CC=C(c2cccc(C3N=C(c4cccc5sc6ccccc6c45)C(C)C/C=C(\c4ccc5c(oc6ccccc65)c4-n4c5ccccc5c5cc6ccccc6cc54)N3)c2)C1. The van der Waals surface area contributed by atoms with Crippen LogP contribution in [0.5, 0.6) is 0 Å². The van der Waals surface area contributed by atoms with Gasteiger partial charge in [-0.1, -0.05) is 147 Å². The van der Waals surface area contributed by atoms with E-state index < -0.39 is 6.17 Å². The molecule has 4 nitrogen and oxygen atoms in total. The highest BCUT2D eigenvalue weighted by molar-refractivity contribution is 7.25. The summed E-state index contributed by atoms with van der Waals surface area (Å²) < 4.78 is 12.1. The van der Waals surface area contributed by atoms with Crippen molar-refractivity contribution in [3.63, 3.8) is 0 Å². The van der Waals surface area contributed by atoms with Gasteiger partial charge in [0.1, 0.15) is 11.7 Å². The minimum absolute atomic E-state index is 0.118. The fourth-order valence-corrected chi connectivity index (χ4v) is 11.8. The molecule has 1 aliphatic carbocycles. The molecule has 0 bridgehead atoms. The molecule has 3 atom stereocenters. The smallest absolute Gasteiger partial charge is 0.160 e. The van der Waals surface area contributed by atoms with Crippen molar-refractivity contribution >= 4 is 103 Å². The third-order valence-corrected chi connectivity index (χ3v) is 14.9. The molecule has 0 spiro atoms. The predicted octanol–water partition coefficient (Wildman–Crippen LogP) is 16.3. The van der Waals surface area contributed by atoms with E-state index in [-0.39, 0.29) is 5.92 Å². The number of nitrogens with one attached hydrogen (secondary N) is 1. The zero-order chi connectivity index (χ0) is 43.2. The summed E-state index contributed by atoms with van der Waals surface area (Å²) in [6.45, 7) is 4.64. The lowest BCUT2D eigenvalue weighted by atomic mass is 9.89. The molecule has 3 unspecified atom stereocenters. The van der Waals surface area contributed by atoms with Gasteiger partial charge in [-0.05, 0) is 101 Å². The molecule has 8 aromatic carbocycles. The van der Waals surface area contributed by atoms with E-state index in [1.807, 2.05) is 11.3 Å². The largest absolute Gasteiger partial charge is 0.454 e. The minimum atomic E-state index is -0.391. The van der Waals surface area contributed by atoms with Gasteiger partial charge in [-0.2, -0.15) is 0 Å². The Morgan fingerprint density at radius 2 is 1.42 bits per heavy atom. The Hall–Kier alpha value is -7.47. The Kier molecular flexibility index (Phi) is 8.82. The van der Waals surface area contributed by atoms with Crippen molar-refractivity contribution in [2.45, 2.75) is 32.9 Å². The summed E-state index contributed by atoms with van der Waals surface area (Å²) >= 11 is 1.86. The Bertz CT molecular complexity index is 3870. The van der Waals surface area contributed by atoms with Gasteiger partial charge in [0, 0.05) is 70.2 Å². The van der Waals surface area contributed by atoms with E-state index in [1.165, 1.54) is 58.4 Å². The molecular formula is C60H45N3OS. The Balaban J connectivity index is 1.06. The van der Waals surface area contributed by atoms with Gasteiger partial charge in [0.25, 0.3) is 0 Å². The van der Waals surface area contributed by atoms with Crippen molar-refractivity contribution in [1.29, 1.82) is 0 Å². The number of fused-ring (bicyclic) bond motifs is 10. The Morgan fingerprint density at radius 1 is 0.646 bits per heavy atom. The molecule has 1 N–H and O–H groups in total. The quantitative estimate of drug-likeness (QED) is 0.187. The van der Waals surface area contributed by atoms with Crippen molar-refractivity contribution < 1.29 is 4.42 Å². The van der Waals surface area contributed by atoms with Gasteiger partial charge in [-0.15, -0.1) is 11.3 Å². The van der Waals surface area contributed by atoms with E-state index in [0.29, 0.717) is 5.92 Å². The van der Waals surface area contributed by atoms with Crippen LogP contribution in [0.1, 0.15) is 55.1 Å². The molecule has 3 aromatic heterocycles. The average Bonchev–Trinajstić information content (AvgIpc) is 4.02. The standard InChI is InChI=1S/C60H45N3OS/c1-36-14-11-17-38(32-36)39-18-12-19-42(33-39)60-61-50(31-28-37(2)57(62-60)48-23-13-27-55-56(48)47-22-7-10-26-54(47)65-55)46-30-29-45-44-21-6-9-25-53(44)64-59(45)58(46)63-51-24-8-5-20-43(51)49-34-40-15-3-4-16-41(40)35-52(49)63/h3-27,29-31,33-37,60-61H,28,32H2,1-2H3/b50-31+,62-57?. The second-order valence-electron chi connectivity index (χ2n) is 18.0. The number of hydrogen-bond acceptors (Lipinski definition) is 4. The third-order valence-electron chi connectivity index (χ3n) is 13.8. The second kappa shape index (κ2) is 15.1. The highest BCUT2D eigenvalue weighted by Gasteiger charge is 2.28. The van der Waals surface area contributed by atoms with Crippen molar-refractivity contribution in [2.24, 2.45) is 16.8 Å². The first-order valence-corrected chi connectivity index (χ1v) is 23.7. The molecular weight excluding hydrogens is 811 g/mol. The van der Waals surface area contributed by atoms with Gasteiger partial charge in [0.05, 0.1) is 16.7 Å². The fraction of sp³-hybridized carbons (Fsp3) is 0.117. The van der Waals surface area contributed by atoms with Crippen molar-refractivity contribution in [3.05, 3.63) is 210 Å². The molecule has 0 saturated carbocycles. The number of para-hydroxylation sites is 2. The predicted molar refractivity (Wildman–Crippen MR) is 276 cm³/mol. The van der Waals surface area contributed by atoms with Crippen LogP contribution in [0.15, 0.2) is 198 Å². The molecule has 1 aliphatic heterocycles. The number of hydrogen-bond donors (Lipinski definition) is 1. The molecule has 11 aromatic rings. The monoisotopic (exact) mass is 855 g/mol. The highest BCUT2D eigenvalue weighted by Crippen LogP contribution is 2.44. The molecule has 0 amide bonds. The lowest BCUT2D eigenvalue weighted by Gasteiger charge is -2.28. The number of benzene rings is 8. The number of allylic oxidation sites excluding steroid dienone is 5. The topological polar surface area (TPSA) is 42.5 Å². The molecule has 13 rings (SSSR count). The van der Waals surface area contributed by atoms with Crippen LogP contribution < -0.4 is 5.32 Å². The molecule has 0 fully saturated rings. The molecule has 65 heavy (non-hydrogen) atoms. The van der Waals surface area contributed by atoms with Crippen LogP contribution in [0, 0.1) is 11.8 Å². The van der Waals surface area contributed by atoms with Crippen molar-refractivity contribution in [3.8, 4) is 5.69 Å². The molecule has 0 radical (unpaired) electrons. The summed E-state index contributed by atoms with van der Waals surface area (Å²) in [6.07, 6.45) is 10.6. The molecule has 0 saturated heterocycles. The van der Waals surface area contributed by atoms with Gasteiger partial charge in [0.15, 0.2) is 5.58 Å². The Morgan fingerprint density at radius 3 is 2.31 bits per heavy atom. The number of thiophene rings is 1. The van der Waals surface area contributed by atoms with E-state index >= 15 is 0 Å². The minimum Gasteiger partial charge on any atom is -0.454 e. The zero-order valence-corrected chi connectivity index (χ0v) is 37.1. The maximum absolute atomic E-state index is 7.03. The number of nitrogens with zero attached hydrogens (tertiary/aromatic N) is 2. The van der Waals surface area contributed by atoms with E-state index in [2.05, 4.69) is 212 Å². The molecule has 4 heterocycles. The van der Waals surface area contributed by atoms with Gasteiger partial charge in [0.2, 0.25) is 0 Å². The lowest BCUT2D eigenvalue weighted by molar-refractivity contribution is 0.640. The summed E-state index contributed by atoms with van der Waals surface area (Å²) in [5.74, 6) is 0.608. The molecule has 5 heteroatoms. The van der Waals surface area contributed by atoms with Crippen molar-refractivity contribution in [1.82, 2.24) is 9.88 Å². The van der Waals surface area contributed by atoms with Crippen LogP contribution in [-0.2, 0) is 0 Å². The van der Waals surface area contributed by atoms with Crippen LogP contribution in [0.25, 0.3) is 91.6 Å². The summed E-state index contributed by atoms with van der Waals surface area (Å²) in [4.78, 5) is 5.90. The van der Waals surface area contributed by atoms with Gasteiger partial charge < -0.3 is 14.3 Å². The van der Waals surface area contributed by atoms with Crippen LogP contribution in [-0.4, -0.2) is 10.3 Å². The molecule has 312 valence electrons. The summed E-state index contributed by atoms with van der Waals surface area (Å²) in [6, 6.07) is 59.8. The summed E-state index contributed by atoms with van der Waals surface area (Å²) in [5.41, 5.74) is 13.2. The van der Waals surface area contributed by atoms with E-state index in [4.69, 9.17) is 9.41 Å². The number of furan rings is 1. The first-order valence-electron chi connectivity index (χ1n) is 22.8. The first kappa shape index (κ1) is 38.0. The molecule has 2 aliphatic rings. The maximum atomic E-state index is 7.03. The second-order valence-corrected chi connectivity index (χ2v) is 19.1. The number of rotatable bonds is 5. The number of aromatic nitrogens is 1. The van der Waals surface area contributed by atoms with Gasteiger partial charge in [-0.25, -0.2) is 0 Å². The lowest BCUT2D eigenvalue weighted by Crippen LogP contribution is -2.26. The maximum Gasteiger partial charge on any atom is 0.160 e. The Labute approximate surface area is 381 Å². The van der Waals surface area contributed by atoms with Gasteiger partial charge >= 0.3 is 0 Å². The number of aliphatic imine (C=N–C) groups is 1. The highest BCUT2D eigenvalue weighted by atomic mass is 32.1. The third kappa shape index (κ3) is 6.21. The zero-order valence-electron chi connectivity index (χ0n) is 36.3. The van der Waals surface area contributed by atoms with Crippen LogP contribution in [0.3, 0.4) is 0 Å². The van der Waals surface area contributed by atoms with E-state index in [0.717, 1.165) is 74.0 Å². The summed E-state index contributed by atoms with van der Waals surface area (Å²) in [7, 11) is 0. The van der Waals surface area contributed by atoms with E-state index in [9.17, 15) is 0 Å². The van der Waals surface area contributed by atoms with Crippen molar-refractivity contribution in [2.75, 3.05) is 0 Å². The van der Waals surface area contributed by atoms with E-state index in [1.54, 1.807) is 0 Å². The van der Waals surface area contributed by atoms with Crippen LogP contribution >= 0.6 is 11.3 Å². The first-order chi connectivity index (χ1) is 32.0. The summed E-state index contributed by atoms with van der Waals surface area (Å²) in [5, 5.41) is 13.8.